The summed E-state index contributed by atoms with van der Waals surface area (Å²) in [6.07, 6.45) is -1.43. The molecule has 0 aliphatic carbocycles. The first-order valence-electron chi connectivity index (χ1n) is 6.02. The number of carbonyl (C=O) groups is 1. The van der Waals surface area contributed by atoms with Crippen molar-refractivity contribution in [2.45, 2.75) is 25.7 Å². The number of hydrogen-bond acceptors (Lipinski definition) is 4. The number of fused-ring (bicyclic) bond motifs is 1. The van der Waals surface area contributed by atoms with Crippen LogP contribution in [0.1, 0.15) is 24.1 Å². The molecule has 1 aliphatic rings. The Morgan fingerprint density at radius 1 is 1.50 bits per heavy atom. The molecule has 18 heavy (non-hydrogen) atoms. The topological polar surface area (TPSA) is 70.0 Å². The van der Waals surface area contributed by atoms with Gasteiger partial charge in [0, 0.05) is 6.54 Å². The summed E-state index contributed by atoms with van der Waals surface area (Å²) >= 11 is 0. The van der Waals surface area contributed by atoms with Crippen molar-refractivity contribution >= 4 is 6.09 Å². The lowest BCUT2D eigenvalue weighted by molar-refractivity contribution is -0.100. The monoisotopic (exact) mass is 251 g/mol. The van der Waals surface area contributed by atoms with Crippen LogP contribution in [0.2, 0.25) is 0 Å². The lowest BCUT2D eigenvalue weighted by Crippen LogP contribution is -2.45. The molecule has 0 aromatic heterocycles. The summed E-state index contributed by atoms with van der Waals surface area (Å²) < 4.78 is 4.94. The number of carbonyl (C=O) groups excluding carboxylic acids is 1. The average Bonchev–Trinajstić information content (AvgIpc) is 2.37. The Morgan fingerprint density at radius 3 is 2.89 bits per heavy atom. The first-order chi connectivity index (χ1) is 8.65. The van der Waals surface area contributed by atoms with Crippen LogP contribution in [0.4, 0.5) is 4.79 Å². The van der Waals surface area contributed by atoms with E-state index in [1.54, 1.807) is 6.92 Å². The highest BCUT2D eigenvalue weighted by Crippen LogP contribution is 2.31. The van der Waals surface area contributed by atoms with Gasteiger partial charge in [0.1, 0.15) is 6.04 Å². The van der Waals surface area contributed by atoms with Crippen LogP contribution in [0.5, 0.6) is 0 Å². The zero-order valence-corrected chi connectivity index (χ0v) is 10.2. The summed E-state index contributed by atoms with van der Waals surface area (Å²) in [7, 11) is 0. The predicted octanol–water partition coefficient (Wildman–Crippen LogP) is 1.05. The molecule has 1 heterocycles. The summed E-state index contributed by atoms with van der Waals surface area (Å²) in [6, 6.07) is 6.72. The predicted molar refractivity (Wildman–Crippen MR) is 64.8 cm³/mol. The number of benzene rings is 1. The van der Waals surface area contributed by atoms with Crippen LogP contribution in [0.15, 0.2) is 24.3 Å². The maximum absolute atomic E-state index is 11.8. The van der Waals surface area contributed by atoms with E-state index >= 15 is 0 Å². The Labute approximate surface area is 106 Å². The largest absolute Gasteiger partial charge is 0.450 e. The molecule has 0 saturated carbocycles. The smallest absolute Gasteiger partial charge is 0.410 e. The number of rotatable bonds is 2. The van der Waals surface area contributed by atoms with Gasteiger partial charge in [-0.15, -0.1) is 0 Å². The Balaban J connectivity index is 2.32. The molecule has 2 N–H and O–H groups in total. The van der Waals surface area contributed by atoms with Crippen molar-refractivity contribution in [2.75, 3.05) is 13.2 Å². The van der Waals surface area contributed by atoms with Gasteiger partial charge in [-0.25, -0.2) is 4.79 Å². The second-order valence-electron chi connectivity index (χ2n) is 4.20. The van der Waals surface area contributed by atoms with E-state index in [4.69, 9.17) is 4.74 Å². The van der Waals surface area contributed by atoms with E-state index < -0.39 is 18.4 Å². The number of amides is 1. The Bertz CT molecular complexity index is 433. The Morgan fingerprint density at radius 2 is 2.22 bits per heavy atom. The minimum atomic E-state index is -1.61. The van der Waals surface area contributed by atoms with E-state index in [9.17, 15) is 15.0 Å². The molecule has 1 aromatic carbocycles. The van der Waals surface area contributed by atoms with Gasteiger partial charge in [-0.2, -0.15) is 0 Å². The molecule has 1 aromatic rings. The molecule has 1 atom stereocenters. The molecule has 0 fully saturated rings. The lowest BCUT2D eigenvalue weighted by atomic mass is 9.92. The maximum atomic E-state index is 11.8. The summed E-state index contributed by atoms with van der Waals surface area (Å²) in [6.45, 7) is 2.42. The van der Waals surface area contributed by atoms with Crippen LogP contribution < -0.4 is 0 Å². The van der Waals surface area contributed by atoms with Crippen LogP contribution in [-0.4, -0.2) is 40.6 Å². The molecule has 5 nitrogen and oxygen atoms in total. The van der Waals surface area contributed by atoms with Gasteiger partial charge in [0.05, 0.1) is 6.61 Å². The van der Waals surface area contributed by atoms with Crippen LogP contribution in [0, 0.1) is 0 Å². The lowest BCUT2D eigenvalue weighted by Gasteiger charge is -2.37. The maximum Gasteiger partial charge on any atom is 0.410 e. The number of aliphatic hydroxyl groups excluding tert-OH is 1. The number of aliphatic hydroxyl groups is 2. The molecular weight excluding hydrogens is 234 g/mol. The van der Waals surface area contributed by atoms with E-state index in [1.165, 1.54) is 4.90 Å². The van der Waals surface area contributed by atoms with Gasteiger partial charge < -0.3 is 14.9 Å². The van der Waals surface area contributed by atoms with Gasteiger partial charge in [0.15, 0.2) is 6.29 Å². The van der Waals surface area contributed by atoms with Crippen molar-refractivity contribution in [2.24, 2.45) is 0 Å². The third kappa shape index (κ3) is 2.32. The molecule has 1 unspecified atom stereocenters. The standard InChI is InChI=1S/C13H17NO4/c1-2-18-13(17)14-8-7-9-5-3-4-6-10(9)11(14)12(15)16/h3-6,11-12,15-16H,2,7-8H2,1H3. The molecular formula is C13H17NO4. The second kappa shape index (κ2) is 5.37. The summed E-state index contributed by atoms with van der Waals surface area (Å²) in [4.78, 5) is 13.2. The van der Waals surface area contributed by atoms with Crippen LogP contribution in [0.25, 0.3) is 0 Å². The molecule has 0 spiro atoms. The van der Waals surface area contributed by atoms with Gasteiger partial charge in [-0.1, -0.05) is 24.3 Å². The highest BCUT2D eigenvalue weighted by atomic mass is 16.6. The Kier molecular flexibility index (Phi) is 3.84. The highest BCUT2D eigenvalue weighted by molar-refractivity contribution is 5.69. The van der Waals surface area contributed by atoms with E-state index in [1.807, 2.05) is 24.3 Å². The van der Waals surface area contributed by atoms with E-state index in [0.29, 0.717) is 13.0 Å². The average molecular weight is 251 g/mol. The van der Waals surface area contributed by atoms with Crippen LogP contribution >= 0.6 is 0 Å². The molecule has 0 bridgehead atoms. The van der Waals surface area contributed by atoms with Crippen LogP contribution in [-0.2, 0) is 11.2 Å². The zero-order valence-electron chi connectivity index (χ0n) is 10.2. The van der Waals surface area contributed by atoms with Gasteiger partial charge in [-0.05, 0) is 24.5 Å². The first-order valence-corrected chi connectivity index (χ1v) is 6.02. The first kappa shape index (κ1) is 12.9. The van der Waals surface area contributed by atoms with Crippen molar-refractivity contribution in [1.82, 2.24) is 4.90 Å². The van der Waals surface area contributed by atoms with E-state index in [2.05, 4.69) is 0 Å². The molecule has 5 heteroatoms. The molecule has 0 radical (unpaired) electrons. The quantitative estimate of drug-likeness (QED) is 0.771. The van der Waals surface area contributed by atoms with Crippen molar-refractivity contribution in [3.05, 3.63) is 35.4 Å². The molecule has 2 rings (SSSR count). The van der Waals surface area contributed by atoms with Crippen molar-refractivity contribution in [3.63, 3.8) is 0 Å². The fourth-order valence-corrected chi connectivity index (χ4v) is 2.33. The SMILES string of the molecule is CCOC(=O)N1CCc2ccccc2C1C(O)O. The van der Waals surface area contributed by atoms with Gasteiger partial charge in [-0.3, -0.25) is 4.90 Å². The minimum Gasteiger partial charge on any atom is -0.450 e. The summed E-state index contributed by atoms with van der Waals surface area (Å²) in [5.41, 5.74) is 1.81. The number of ether oxygens (including phenoxy) is 1. The fourth-order valence-electron chi connectivity index (χ4n) is 2.33. The van der Waals surface area contributed by atoms with Gasteiger partial charge in [0.25, 0.3) is 0 Å². The molecule has 0 saturated heterocycles. The van der Waals surface area contributed by atoms with Gasteiger partial charge in [0.2, 0.25) is 0 Å². The molecule has 98 valence electrons. The number of nitrogens with zero attached hydrogens (tertiary/aromatic N) is 1. The Hall–Kier alpha value is -1.59. The second-order valence-corrected chi connectivity index (χ2v) is 4.20. The molecule has 1 aliphatic heterocycles. The highest BCUT2D eigenvalue weighted by Gasteiger charge is 2.35. The van der Waals surface area contributed by atoms with Crippen molar-refractivity contribution < 1.29 is 19.7 Å². The number of hydrogen-bond donors (Lipinski definition) is 2. The van der Waals surface area contributed by atoms with E-state index in [0.717, 1.165) is 11.1 Å². The molecule has 1 amide bonds. The van der Waals surface area contributed by atoms with Crippen molar-refractivity contribution in [3.8, 4) is 0 Å². The summed E-state index contributed by atoms with van der Waals surface area (Å²) in [5, 5.41) is 19.0. The zero-order chi connectivity index (χ0) is 13.1. The third-order valence-electron chi connectivity index (χ3n) is 3.12. The normalized spacial score (nSPS) is 18.7. The van der Waals surface area contributed by atoms with E-state index in [-0.39, 0.29) is 6.61 Å². The fraction of sp³-hybridized carbons (Fsp3) is 0.462. The minimum absolute atomic E-state index is 0.269. The van der Waals surface area contributed by atoms with Crippen molar-refractivity contribution in [1.29, 1.82) is 0 Å². The van der Waals surface area contributed by atoms with Gasteiger partial charge >= 0.3 is 6.09 Å². The van der Waals surface area contributed by atoms with Crippen LogP contribution in [0.3, 0.4) is 0 Å². The summed E-state index contributed by atoms with van der Waals surface area (Å²) in [5.74, 6) is 0. The third-order valence-corrected chi connectivity index (χ3v) is 3.12.